The van der Waals surface area contributed by atoms with Gasteiger partial charge in [-0.2, -0.15) is 0 Å². The predicted octanol–water partition coefficient (Wildman–Crippen LogP) is -1.17. The van der Waals surface area contributed by atoms with Crippen molar-refractivity contribution in [3.63, 3.8) is 0 Å². The lowest BCUT2D eigenvalue weighted by Gasteiger charge is -2.41. The highest BCUT2D eigenvalue weighted by molar-refractivity contribution is 5.79. The Hall–Kier alpha value is -0.610. The van der Waals surface area contributed by atoms with Gasteiger partial charge in [0.2, 0.25) is 0 Å². The Labute approximate surface area is 84.8 Å². The number of piperidine rings is 1. The van der Waals surface area contributed by atoms with Gasteiger partial charge in [-0.25, -0.2) is 4.79 Å². The summed E-state index contributed by atoms with van der Waals surface area (Å²) in [6.45, 7) is 4.73. The molecule has 1 saturated heterocycles. The Kier molecular flexibility index (Phi) is 3.17. The van der Waals surface area contributed by atoms with Crippen molar-refractivity contribution in [2.45, 2.75) is 31.9 Å². The highest BCUT2D eigenvalue weighted by atomic mass is 16.5. The van der Waals surface area contributed by atoms with Crippen LogP contribution in [-0.4, -0.2) is 43.4 Å². The summed E-state index contributed by atoms with van der Waals surface area (Å²) in [5.74, 6) is -0.546. The highest BCUT2D eigenvalue weighted by Crippen LogP contribution is 2.26. The van der Waals surface area contributed by atoms with Crippen molar-refractivity contribution in [2.75, 3.05) is 20.7 Å². The zero-order valence-corrected chi connectivity index (χ0v) is 9.33. The van der Waals surface area contributed by atoms with Gasteiger partial charge in [-0.3, -0.25) is 0 Å². The van der Waals surface area contributed by atoms with Crippen LogP contribution in [0.15, 0.2) is 0 Å². The number of ether oxygens (including phenoxy) is 1. The lowest BCUT2D eigenvalue weighted by Crippen LogP contribution is -3.15. The number of quaternary nitrogens is 1. The molecule has 0 aromatic rings. The molecule has 82 valence electrons. The second-order valence-electron chi connectivity index (χ2n) is 4.47. The maximum atomic E-state index is 11.5. The zero-order valence-electron chi connectivity index (χ0n) is 9.33. The van der Waals surface area contributed by atoms with E-state index in [1.807, 2.05) is 13.8 Å². The average molecular weight is 202 g/mol. The van der Waals surface area contributed by atoms with Crippen LogP contribution >= 0.6 is 0 Å². The summed E-state index contributed by atoms with van der Waals surface area (Å²) in [5.41, 5.74) is -1.28. The van der Waals surface area contributed by atoms with Crippen molar-refractivity contribution in [1.82, 2.24) is 0 Å². The first-order valence-electron chi connectivity index (χ1n) is 5.05. The first-order valence-corrected chi connectivity index (χ1v) is 5.05. The van der Waals surface area contributed by atoms with E-state index in [1.54, 1.807) is 0 Å². The number of hydrogen-bond donors (Lipinski definition) is 2. The Morgan fingerprint density at radius 2 is 2.14 bits per heavy atom. The van der Waals surface area contributed by atoms with E-state index in [0.29, 0.717) is 6.42 Å². The molecule has 0 saturated carbocycles. The molecule has 0 spiro atoms. The molecule has 0 radical (unpaired) electrons. The van der Waals surface area contributed by atoms with E-state index in [4.69, 9.17) is 0 Å². The van der Waals surface area contributed by atoms with E-state index in [9.17, 15) is 9.90 Å². The summed E-state index contributed by atoms with van der Waals surface area (Å²) in [6, 6.07) is 0.287. The lowest BCUT2D eigenvalue weighted by atomic mass is 9.79. The number of methoxy groups -OCH3 is 1. The first-order chi connectivity index (χ1) is 6.41. The van der Waals surface area contributed by atoms with Gasteiger partial charge >= 0.3 is 5.97 Å². The van der Waals surface area contributed by atoms with Crippen molar-refractivity contribution >= 4 is 5.97 Å². The lowest BCUT2D eigenvalue weighted by molar-refractivity contribution is -0.915. The molecule has 1 fully saturated rings. The Morgan fingerprint density at radius 1 is 1.57 bits per heavy atom. The second kappa shape index (κ2) is 3.87. The number of rotatable bonds is 1. The first kappa shape index (κ1) is 11.5. The molecule has 0 aromatic heterocycles. The van der Waals surface area contributed by atoms with Crippen LogP contribution in [0.5, 0.6) is 0 Å². The summed E-state index contributed by atoms with van der Waals surface area (Å²) in [4.78, 5) is 12.8. The highest BCUT2D eigenvalue weighted by Gasteiger charge is 2.50. The number of esters is 1. The second-order valence-corrected chi connectivity index (χ2v) is 4.47. The molecule has 0 aliphatic carbocycles. The van der Waals surface area contributed by atoms with Crippen molar-refractivity contribution in [2.24, 2.45) is 5.92 Å². The van der Waals surface area contributed by atoms with E-state index in [1.165, 1.54) is 12.0 Å². The summed E-state index contributed by atoms with van der Waals surface area (Å²) in [7, 11) is 3.40. The van der Waals surface area contributed by atoms with E-state index in [0.717, 1.165) is 6.54 Å². The monoisotopic (exact) mass is 202 g/mol. The minimum atomic E-state index is -1.28. The van der Waals surface area contributed by atoms with Crippen molar-refractivity contribution in [3.8, 4) is 0 Å². The fourth-order valence-electron chi connectivity index (χ4n) is 2.16. The van der Waals surface area contributed by atoms with Crippen LogP contribution in [0.3, 0.4) is 0 Å². The quantitative estimate of drug-likeness (QED) is 0.527. The molecule has 4 heteroatoms. The SMILES string of the molecule is COC(=O)[C@@]1(O)C[C@@H](C)[NH+](C)C[C@H]1C. The van der Waals surface area contributed by atoms with Crippen LogP contribution in [0.4, 0.5) is 0 Å². The molecule has 1 unspecified atom stereocenters. The maximum absolute atomic E-state index is 11.5. The molecule has 0 aromatic carbocycles. The number of aliphatic hydroxyl groups is 1. The number of hydrogen-bond acceptors (Lipinski definition) is 3. The van der Waals surface area contributed by atoms with Gasteiger partial charge < -0.3 is 14.7 Å². The van der Waals surface area contributed by atoms with Gasteiger partial charge in [-0.05, 0) is 6.92 Å². The smallest absolute Gasteiger partial charge is 0.338 e. The third-order valence-corrected chi connectivity index (χ3v) is 3.44. The summed E-state index contributed by atoms with van der Waals surface area (Å²) in [5, 5.41) is 10.2. The molecule has 0 bridgehead atoms. The number of carbonyl (C=O) groups is 1. The van der Waals surface area contributed by atoms with Crippen LogP contribution in [0.25, 0.3) is 0 Å². The summed E-state index contributed by atoms with van der Waals surface area (Å²) in [6.07, 6.45) is 0.479. The molecular weight excluding hydrogens is 182 g/mol. The molecular formula is C10H20NO3+. The average Bonchev–Trinajstić information content (AvgIpc) is 2.13. The largest absolute Gasteiger partial charge is 0.467 e. The number of likely N-dealkylation sites (tertiary alicyclic amines) is 1. The standard InChI is InChI=1S/C10H19NO3/c1-7-6-11(3)8(2)5-10(7,13)9(12)14-4/h7-8,13H,5-6H2,1-4H3/p+1/t7-,8-,10-/m1/s1. The van der Waals surface area contributed by atoms with Gasteiger partial charge in [0, 0.05) is 12.3 Å². The molecule has 1 rings (SSSR count). The van der Waals surface area contributed by atoms with Crippen LogP contribution in [0.2, 0.25) is 0 Å². The molecule has 1 aliphatic heterocycles. The van der Waals surface area contributed by atoms with Crippen LogP contribution < -0.4 is 4.90 Å². The Bertz CT molecular complexity index is 231. The van der Waals surface area contributed by atoms with Crippen LogP contribution in [0.1, 0.15) is 20.3 Å². The number of nitrogens with one attached hydrogen (secondary N) is 1. The van der Waals surface area contributed by atoms with Crippen LogP contribution in [-0.2, 0) is 9.53 Å². The Balaban J connectivity index is 2.83. The molecule has 14 heavy (non-hydrogen) atoms. The third kappa shape index (κ3) is 1.77. The number of carbonyl (C=O) groups excluding carboxylic acids is 1. The molecule has 4 atom stereocenters. The predicted molar refractivity (Wildman–Crippen MR) is 52.0 cm³/mol. The van der Waals surface area contributed by atoms with Gasteiger partial charge in [0.1, 0.15) is 0 Å². The molecule has 1 heterocycles. The topological polar surface area (TPSA) is 51.0 Å². The molecule has 2 N–H and O–H groups in total. The van der Waals surface area contributed by atoms with Crippen molar-refractivity contribution < 1.29 is 19.5 Å². The molecule has 4 nitrogen and oxygen atoms in total. The normalized spacial score (nSPS) is 43.4. The third-order valence-electron chi connectivity index (χ3n) is 3.44. The van der Waals surface area contributed by atoms with Gasteiger partial charge in [0.25, 0.3) is 0 Å². The van der Waals surface area contributed by atoms with E-state index in [-0.39, 0.29) is 12.0 Å². The van der Waals surface area contributed by atoms with Crippen molar-refractivity contribution in [1.29, 1.82) is 0 Å². The molecule has 1 aliphatic rings. The van der Waals surface area contributed by atoms with Crippen LogP contribution in [0, 0.1) is 5.92 Å². The van der Waals surface area contributed by atoms with Gasteiger partial charge in [0.15, 0.2) is 5.60 Å². The van der Waals surface area contributed by atoms with Gasteiger partial charge in [0.05, 0.1) is 26.7 Å². The molecule has 0 amide bonds. The Morgan fingerprint density at radius 3 is 2.64 bits per heavy atom. The fraction of sp³-hybridized carbons (Fsp3) is 0.900. The van der Waals surface area contributed by atoms with Crippen molar-refractivity contribution in [3.05, 3.63) is 0 Å². The maximum Gasteiger partial charge on any atom is 0.338 e. The van der Waals surface area contributed by atoms with Gasteiger partial charge in [-0.15, -0.1) is 0 Å². The zero-order chi connectivity index (χ0) is 10.9. The van der Waals surface area contributed by atoms with Gasteiger partial charge in [-0.1, -0.05) is 6.92 Å². The van der Waals surface area contributed by atoms with E-state index >= 15 is 0 Å². The summed E-state index contributed by atoms with van der Waals surface area (Å²) >= 11 is 0. The van der Waals surface area contributed by atoms with E-state index < -0.39 is 11.6 Å². The minimum absolute atomic E-state index is 0.0499. The minimum Gasteiger partial charge on any atom is -0.467 e. The fourth-order valence-corrected chi connectivity index (χ4v) is 2.16. The van der Waals surface area contributed by atoms with E-state index in [2.05, 4.69) is 11.8 Å². The summed E-state index contributed by atoms with van der Waals surface area (Å²) < 4.78 is 4.65.